The predicted molar refractivity (Wildman–Crippen MR) is 130 cm³/mol. The molecule has 2 aromatic carbocycles. The maximum absolute atomic E-state index is 13.6. The first-order valence-electron chi connectivity index (χ1n) is 10.9. The molecule has 0 bridgehead atoms. The average Bonchev–Trinajstić information content (AvgIpc) is 3.31. The van der Waals surface area contributed by atoms with Gasteiger partial charge in [-0.2, -0.15) is 4.31 Å². The van der Waals surface area contributed by atoms with Crippen molar-refractivity contribution in [1.82, 2.24) is 9.21 Å². The molecule has 33 heavy (non-hydrogen) atoms. The lowest BCUT2D eigenvalue weighted by molar-refractivity contribution is -0.133. The Balaban J connectivity index is 1.66. The third-order valence-electron chi connectivity index (χ3n) is 5.93. The Hall–Kier alpha value is -2.68. The van der Waals surface area contributed by atoms with Gasteiger partial charge in [0.25, 0.3) is 0 Å². The Morgan fingerprint density at radius 2 is 1.82 bits per heavy atom. The number of rotatable bonds is 7. The molecule has 1 atom stereocenters. The first-order valence-corrected chi connectivity index (χ1v) is 13.2. The summed E-state index contributed by atoms with van der Waals surface area (Å²) in [7, 11) is -2.18. The number of carbonyl (C=O) groups excluding carboxylic acids is 1. The van der Waals surface area contributed by atoms with Crippen molar-refractivity contribution in [2.45, 2.75) is 37.2 Å². The highest BCUT2D eigenvalue weighted by molar-refractivity contribution is 7.89. The SMILES string of the molecule is COc1ccc(C2c3ccsc3CCN2C(=O)CN(C(C)C)S(=O)(=O)c2ccccc2)cc1. The number of hydrogen-bond donors (Lipinski definition) is 0. The lowest BCUT2D eigenvalue weighted by atomic mass is 9.93. The number of amides is 1. The second kappa shape index (κ2) is 9.67. The van der Waals surface area contributed by atoms with Gasteiger partial charge in [0.15, 0.2) is 0 Å². The Morgan fingerprint density at radius 1 is 1.12 bits per heavy atom. The molecule has 0 radical (unpaired) electrons. The summed E-state index contributed by atoms with van der Waals surface area (Å²) >= 11 is 1.70. The summed E-state index contributed by atoms with van der Waals surface area (Å²) < 4.78 is 33.2. The molecule has 0 saturated carbocycles. The molecule has 0 fully saturated rings. The van der Waals surface area contributed by atoms with Crippen LogP contribution in [0.3, 0.4) is 0 Å². The summed E-state index contributed by atoms with van der Waals surface area (Å²) in [5.41, 5.74) is 2.08. The quantitative estimate of drug-likeness (QED) is 0.501. The number of fused-ring (bicyclic) bond motifs is 1. The third kappa shape index (κ3) is 4.69. The van der Waals surface area contributed by atoms with Gasteiger partial charge >= 0.3 is 0 Å². The van der Waals surface area contributed by atoms with E-state index in [2.05, 4.69) is 11.4 Å². The van der Waals surface area contributed by atoms with Gasteiger partial charge in [-0.25, -0.2) is 8.42 Å². The Morgan fingerprint density at radius 3 is 2.45 bits per heavy atom. The van der Waals surface area contributed by atoms with Gasteiger partial charge in [0.2, 0.25) is 15.9 Å². The van der Waals surface area contributed by atoms with E-state index in [-0.39, 0.29) is 29.4 Å². The van der Waals surface area contributed by atoms with E-state index in [0.29, 0.717) is 6.54 Å². The normalized spacial score (nSPS) is 16.2. The summed E-state index contributed by atoms with van der Waals surface area (Å²) in [5.74, 6) is 0.541. The number of sulfonamides is 1. The summed E-state index contributed by atoms with van der Waals surface area (Å²) in [6.07, 6.45) is 0.762. The van der Waals surface area contributed by atoms with Gasteiger partial charge in [0.1, 0.15) is 5.75 Å². The second-order valence-electron chi connectivity index (χ2n) is 8.27. The van der Waals surface area contributed by atoms with Crippen LogP contribution in [-0.4, -0.2) is 49.8 Å². The van der Waals surface area contributed by atoms with Crippen molar-refractivity contribution in [2.24, 2.45) is 0 Å². The van der Waals surface area contributed by atoms with Crippen LogP contribution in [0.5, 0.6) is 5.75 Å². The van der Waals surface area contributed by atoms with E-state index in [1.807, 2.05) is 29.2 Å². The van der Waals surface area contributed by atoms with Crippen molar-refractivity contribution in [1.29, 1.82) is 0 Å². The van der Waals surface area contributed by atoms with Crippen LogP contribution in [0, 0.1) is 0 Å². The van der Waals surface area contributed by atoms with Gasteiger partial charge in [0.05, 0.1) is 24.6 Å². The molecule has 1 aliphatic heterocycles. The number of benzene rings is 2. The molecular formula is C25H28N2O4S2. The standard InChI is InChI=1S/C25H28N2O4S2/c1-18(2)27(33(29,30)21-7-5-4-6-8-21)17-24(28)26-15-13-23-22(14-16-32-23)25(26)19-9-11-20(31-3)12-10-19/h4-12,14,16,18,25H,13,15,17H2,1-3H3. The van der Waals surface area contributed by atoms with Crippen LogP contribution in [0.25, 0.3) is 0 Å². The molecule has 4 rings (SSSR count). The zero-order chi connectivity index (χ0) is 23.6. The van der Waals surface area contributed by atoms with E-state index in [1.165, 1.54) is 9.18 Å². The molecule has 0 spiro atoms. The van der Waals surface area contributed by atoms with E-state index in [9.17, 15) is 13.2 Å². The summed E-state index contributed by atoms with van der Waals surface area (Å²) in [6.45, 7) is 3.92. The molecule has 1 aromatic heterocycles. The largest absolute Gasteiger partial charge is 0.497 e. The highest BCUT2D eigenvalue weighted by Gasteiger charge is 2.36. The summed E-state index contributed by atoms with van der Waals surface area (Å²) in [4.78, 5) is 16.9. The van der Waals surface area contributed by atoms with Crippen LogP contribution in [-0.2, 0) is 21.2 Å². The molecule has 174 valence electrons. The van der Waals surface area contributed by atoms with Gasteiger partial charge in [-0.3, -0.25) is 4.79 Å². The molecule has 6 nitrogen and oxygen atoms in total. The molecular weight excluding hydrogens is 456 g/mol. The van der Waals surface area contributed by atoms with E-state index < -0.39 is 10.0 Å². The lowest BCUT2D eigenvalue weighted by Crippen LogP contribution is -2.48. The van der Waals surface area contributed by atoms with Crippen LogP contribution in [0.4, 0.5) is 0 Å². The first-order chi connectivity index (χ1) is 15.8. The molecule has 1 amide bonds. The number of thiophene rings is 1. The van der Waals surface area contributed by atoms with E-state index >= 15 is 0 Å². The number of hydrogen-bond acceptors (Lipinski definition) is 5. The first kappa shape index (κ1) is 23.5. The summed E-state index contributed by atoms with van der Waals surface area (Å²) in [5, 5.41) is 2.05. The van der Waals surface area contributed by atoms with E-state index in [1.54, 1.807) is 62.6 Å². The van der Waals surface area contributed by atoms with E-state index in [0.717, 1.165) is 23.3 Å². The second-order valence-corrected chi connectivity index (χ2v) is 11.2. The Bertz CT molecular complexity index is 1200. The molecule has 1 unspecified atom stereocenters. The fraction of sp³-hybridized carbons (Fsp3) is 0.320. The van der Waals surface area contributed by atoms with Crippen molar-refractivity contribution in [3.8, 4) is 5.75 Å². The zero-order valence-corrected chi connectivity index (χ0v) is 20.6. The fourth-order valence-electron chi connectivity index (χ4n) is 4.23. The molecule has 8 heteroatoms. The van der Waals surface area contributed by atoms with Crippen molar-refractivity contribution < 1.29 is 17.9 Å². The van der Waals surface area contributed by atoms with Crippen LogP contribution < -0.4 is 4.74 Å². The molecule has 2 heterocycles. The monoisotopic (exact) mass is 484 g/mol. The van der Waals surface area contributed by atoms with Crippen molar-refractivity contribution in [2.75, 3.05) is 20.2 Å². The number of carbonyl (C=O) groups is 1. The Labute approximate surface area is 199 Å². The number of ether oxygens (including phenoxy) is 1. The van der Waals surface area contributed by atoms with Crippen molar-refractivity contribution in [3.63, 3.8) is 0 Å². The molecule has 0 aliphatic carbocycles. The highest BCUT2D eigenvalue weighted by Crippen LogP contribution is 2.38. The topological polar surface area (TPSA) is 66.9 Å². The van der Waals surface area contributed by atoms with Crippen molar-refractivity contribution in [3.05, 3.63) is 82.0 Å². The zero-order valence-electron chi connectivity index (χ0n) is 19.0. The maximum Gasteiger partial charge on any atom is 0.243 e. The van der Waals surface area contributed by atoms with Crippen LogP contribution >= 0.6 is 11.3 Å². The summed E-state index contributed by atoms with van der Waals surface area (Å²) in [6, 6.07) is 17.4. The number of nitrogens with zero attached hydrogens (tertiary/aromatic N) is 2. The minimum atomic E-state index is -3.80. The molecule has 0 saturated heterocycles. The third-order valence-corrected chi connectivity index (χ3v) is 8.97. The molecule has 0 N–H and O–H groups in total. The minimum Gasteiger partial charge on any atom is -0.497 e. The molecule has 3 aromatic rings. The van der Waals surface area contributed by atoms with Gasteiger partial charge in [-0.1, -0.05) is 30.3 Å². The van der Waals surface area contributed by atoms with Gasteiger partial charge in [-0.15, -0.1) is 11.3 Å². The minimum absolute atomic E-state index is 0.192. The lowest BCUT2D eigenvalue weighted by Gasteiger charge is -2.38. The van der Waals surface area contributed by atoms with Crippen LogP contribution in [0.1, 0.15) is 35.9 Å². The van der Waals surface area contributed by atoms with Crippen LogP contribution in [0.2, 0.25) is 0 Å². The van der Waals surface area contributed by atoms with Gasteiger partial charge < -0.3 is 9.64 Å². The van der Waals surface area contributed by atoms with Gasteiger partial charge in [0, 0.05) is 17.5 Å². The van der Waals surface area contributed by atoms with E-state index in [4.69, 9.17) is 4.74 Å². The fourth-order valence-corrected chi connectivity index (χ4v) is 6.74. The molecule has 1 aliphatic rings. The predicted octanol–water partition coefficient (Wildman–Crippen LogP) is 4.33. The maximum atomic E-state index is 13.6. The smallest absolute Gasteiger partial charge is 0.243 e. The van der Waals surface area contributed by atoms with Crippen molar-refractivity contribution >= 4 is 27.3 Å². The average molecular weight is 485 g/mol. The van der Waals surface area contributed by atoms with Crippen LogP contribution in [0.15, 0.2) is 70.9 Å². The van der Waals surface area contributed by atoms with Gasteiger partial charge in [-0.05, 0) is 67.1 Å². The number of methoxy groups -OCH3 is 1. The highest BCUT2D eigenvalue weighted by atomic mass is 32.2. The Kier molecular flexibility index (Phi) is 6.88.